The minimum atomic E-state index is -0.249. The lowest BCUT2D eigenvalue weighted by Crippen LogP contribution is -2.32. The molecule has 5 heteroatoms. The van der Waals surface area contributed by atoms with Crippen LogP contribution < -0.4 is 5.32 Å². The van der Waals surface area contributed by atoms with Crippen molar-refractivity contribution in [2.24, 2.45) is 0 Å². The molecule has 1 amide bonds. The highest BCUT2D eigenvalue weighted by Crippen LogP contribution is 2.47. The van der Waals surface area contributed by atoms with E-state index in [2.05, 4.69) is 22.4 Å². The van der Waals surface area contributed by atoms with E-state index in [1.807, 2.05) is 25.1 Å². The fourth-order valence-electron chi connectivity index (χ4n) is 3.36. The van der Waals surface area contributed by atoms with Gasteiger partial charge in [-0.1, -0.05) is 42.5 Å². The van der Waals surface area contributed by atoms with E-state index in [0.717, 1.165) is 29.1 Å². The van der Waals surface area contributed by atoms with Crippen molar-refractivity contribution in [3.8, 4) is 0 Å². The van der Waals surface area contributed by atoms with Crippen LogP contribution in [0, 0.1) is 12.7 Å². The van der Waals surface area contributed by atoms with Crippen LogP contribution in [0.15, 0.2) is 54.6 Å². The van der Waals surface area contributed by atoms with Gasteiger partial charge >= 0.3 is 0 Å². The van der Waals surface area contributed by atoms with Gasteiger partial charge in [-0.2, -0.15) is 0 Å². The van der Waals surface area contributed by atoms with Gasteiger partial charge in [0.2, 0.25) is 0 Å². The van der Waals surface area contributed by atoms with Gasteiger partial charge in [-0.3, -0.25) is 4.79 Å². The zero-order valence-corrected chi connectivity index (χ0v) is 16.0. The van der Waals surface area contributed by atoms with E-state index in [4.69, 9.17) is 0 Å². The number of benzene rings is 2. The van der Waals surface area contributed by atoms with Gasteiger partial charge in [0, 0.05) is 18.4 Å². The maximum absolute atomic E-state index is 13.0. The zero-order chi connectivity index (χ0) is 18.9. The van der Waals surface area contributed by atoms with Crippen LogP contribution in [0.25, 0.3) is 0 Å². The molecule has 3 nitrogen and oxygen atoms in total. The molecule has 1 N–H and O–H groups in total. The first kappa shape index (κ1) is 17.9. The highest BCUT2D eigenvalue weighted by atomic mass is 32.1. The zero-order valence-electron chi connectivity index (χ0n) is 15.2. The number of aromatic nitrogens is 1. The number of hydrogen-bond acceptors (Lipinski definition) is 3. The molecule has 0 bridgehead atoms. The molecule has 3 aromatic rings. The summed E-state index contributed by atoms with van der Waals surface area (Å²) >= 11 is 1.42. The monoisotopic (exact) mass is 380 g/mol. The molecule has 1 saturated carbocycles. The molecule has 0 radical (unpaired) electrons. The molecular weight excluding hydrogens is 359 g/mol. The standard InChI is InChI=1S/C22H21FN2OS/c1-15-20(27-19(25-15)13-16-7-9-18(23)10-8-16)21(26)24-14-22(11-12-22)17-5-3-2-4-6-17/h2-10H,11-14H2,1H3,(H,24,26). The third kappa shape index (κ3) is 3.93. The SMILES string of the molecule is Cc1nc(Cc2ccc(F)cc2)sc1C(=O)NCC1(c2ccccc2)CC1. The highest BCUT2D eigenvalue weighted by molar-refractivity contribution is 7.13. The van der Waals surface area contributed by atoms with Crippen LogP contribution in [-0.2, 0) is 11.8 Å². The molecule has 0 spiro atoms. The van der Waals surface area contributed by atoms with Crippen molar-refractivity contribution in [1.82, 2.24) is 10.3 Å². The van der Waals surface area contributed by atoms with Crippen LogP contribution >= 0.6 is 11.3 Å². The Balaban J connectivity index is 1.42. The minimum Gasteiger partial charge on any atom is -0.350 e. The maximum atomic E-state index is 13.0. The summed E-state index contributed by atoms with van der Waals surface area (Å²) < 4.78 is 13.0. The molecule has 0 aliphatic heterocycles. The van der Waals surface area contributed by atoms with Gasteiger partial charge in [0.25, 0.3) is 5.91 Å². The Bertz CT molecular complexity index is 946. The van der Waals surface area contributed by atoms with Crippen molar-refractivity contribution >= 4 is 17.2 Å². The van der Waals surface area contributed by atoms with E-state index >= 15 is 0 Å². The molecule has 0 atom stereocenters. The van der Waals surface area contributed by atoms with Gasteiger partial charge in [-0.15, -0.1) is 11.3 Å². The number of rotatable bonds is 6. The Hall–Kier alpha value is -2.53. The summed E-state index contributed by atoms with van der Waals surface area (Å²) in [5.74, 6) is -0.306. The first-order valence-corrected chi connectivity index (χ1v) is 9.92. The number of halogens is 1. The minimum absolute atomic E-state index is 0.0578. The molecule has 0 saturated heterocycles. The Morgan fingerprint density at radius 3 is 2.52 bits per heavy atom. The summed E-state index contributed by atoms with van der Waals surface area (Å²) in [7, 11) is 0. The fraction of sp³-hybridized carbons (Fsp3) is 0.273. The van der Waals surface area contributed by atoms with E-state index in [1.165, 1.54) is 29.0 Å². The Morgan fingerprint density at radius 2 is 1.85 bits per heavy atom. The predicted octanol–water partition coefficient (Wildman–Crippen LogP) is 4.64. The second-order valence-corrected chi connectivity index (χ2v) is 8.24. The fourth-order valence-corrected chi connectivity index (χ4v) is 4.37. The molecule has 138 valence electrons. The van der Waals surface area contributed by atoms with Gasteiger partial charge in [0.05, 0.1) is 10.7 Å². The number of carbonyl (C=O) groups excluding carboxylic acids is 1. The number of aryl methyl sites for hydroxylation is 1. The van der Waals surface area contributed by atoms with Crippen LogP contribution in [0.1, 0.15) is 44.3 Å². The molecule has 4 rings (SSSR count). The normalized spacial score (nSPS) is 14.7. The van der Waals surface area contributed by atoms with Crippen molar-refractivity contribution in [1.29, 1.82) is 0 Å². The van der Waals surface area contributed by atoms with Crippen molar-refractivity contribution in [2.75, 3.05) is 6.54 Å². The number of nitrogens with zero attached hydrogens (tertiary/aromatic N) is 1. The van der Waals surface area contributed by atoms with E-state index < -0.39 is 0 Å². The lowest BCUT2D eigenvalue weighted by atomic mass is 9.96. The van der Waals surface area contributed by atoms with Crippen molar-refractivity contribution in [3.05, 3.63) is 87.1 Å². The summed E-state index contributed by atoms with van der Waals surface area (Å²) in [6, 6.07) is 16.8. The van der Waals surface area contributed by atoms with Crippen molar-refractivity contribution in [2.45, 2.75) is 31.6 Å². The Labute approximate surface area is 162 Å². The summed E-state index contributed by atoms with van der Waals surface area (Å²) in [4.78, 5) is 17.9. The average molecular weight is 380 g/mol. The third-order valence-corrected chi connectivity index (χ3v) is 6.30. The summed E-state index contributed by atoms with van der Waals surface area (Å²) in [6.07, 6.45) is 2.82. The van der Waals surface area contributed by atoms with Gasteiger partial charge in [-0.05, 0) is 43.0 Å². The average Bonchev–Trinajstić information content (AvgIpc) is 3.39. The van der Waals surface area contributed by atoms with Crippen LogP contribution in [0.3, 0.4) is 0 Å². The van der Waals surface area contributed by atoms with Gasteiger partial charge in [0.15, 0.2) is 0 Å². The topological polar surface area (TPSA) is 42.0 Å². The molecular formula is C22H21FN2OS. The number of amides is 1. The first-order valence-electron chi connectivity index (χ1n) is 9.10. The Morgan fingerprint density at radius 1 is 1.15 bits per heavy atom. The smallest absolute Gasteiger partial charge is 0.263 e. The van der Waals surface area contributed by atoms with E-state index in [1.54, 1.807) is 12.1 Å². The number of hydrogen-bond donors (Lipinski definition) is 1. The quantitative estimate of drug-likeness (QED) is 0.677. The molecule has 0 unspecified atom stereocenters. The first-order chi connectivity index (χ1) is 13.1. The molecule has 1 aliphatic carbocycles. The van der Waals surface area contributed by atoms with Gasteiger partial charge < -0.3 is 5.32 Å². The number of nitrogens with one attached hydrogen (secondary N) is 1. The molecule has 1 aliphatic rings. The number of thiazole rings is 1. The maximum Gasteiger partial charge on any atom is 0.263 e. The summed E-state index contributed by atoms with van der Waals surface area (Å²) in [5, 5.41) is 3.98. The molecule has 1 aromatic heterocycles. The third-order valence-electron chi connectivity index (χ3n) is 5.14. The molecule has 2 aromatic carbocycles. The lowest BCUT2D eigenvalue weighted by Gasteiger charge is -2.16. The lowest BCUT2D eigenvalue weighted by molar-refractivity contribution is 0.0953. The van der Waals surface area contributed by atoms with Crippen LogP contribution in [0.2, 0.25) is 0 Å². The summed E-state index contributed by atoms with van der Waals surface area (Å²) in [5.41, 5.74) is 3.12. The van der Waals surface area contributed by atoms with E-state index in [-0.39, 0.29) is 17.1 Å². The molecule has 1 fully saturated rings. The van der Waals surface area contributed by atoms with E-state index in [0.29, 0.717) is 17.8 Å². The van der Waals surface area contributed by atoms with Gasteiger partial charge in [-0.25, -0.2) is 9.37 Å². The molecule has 1 heterocycles. The predicted molar refractivity (Wildman–Crippen MR) is 106 cm³/mol. The highest BCUT2D eigenvalue weighted by Gasteiger charge is 2.44. The number of carbonyl (C=O) groups is 1. The van der Waals surface area contributed by atoms with Crippen LogP contribution in [0.5, 0.6) is 0 Å². The second-order valence-electron chi connectivity index (χ2n) is 7.15. The largest absolute Gasteiger partial charge is 0.350 e. The summed E-state index contributed by atoms with van der Waals surface area (Å²) in [6.45, 7) is 2.52. The van der Waals surface area contributed by atoms with Crippen molar-refractivity contribution in [3.63, 3.8) is 0 Å². The van der Waals surface area contributed by atoms with Crippen LogP contribution in [-0.4, -0.2) is 17.4 Å². The van der Waals surface area contributed by atoms with Gasteiger partial charge in [0.1, 0.15) is 10.7 Å². The van der Waals surface area contributed by atoms with Crippen LogP contribution in [0.4, 0.5) is 4.39 Å². The van der Waals surface area contributed by atoms with E-state index in [9.17, 15) is 9.18 Å². The molecule has 27 heavy (non-hydrogen) atoms. The second kappa shape index (κ2) is 7.24. The van der Waals surface area contributed by atoms with Crippen molar-refractivity contribution < 1.29 is 9.18 Å². The Kier molecular flexibility index (Phi) is 4.79.